The summed E-state index contributed by atoms with van der Waals surface area (Å²) in [5, 5.41) is 0. The van der Waals surface area contributed by atoms with Crippen LogP contribution >= 0.6 is 0 Å². The maximum Gasteiger partial charge on any atom is 0.244 e. The van der Waals surface area contributed by atoms with Gasteiger partial charge < -0.3 is 10.5 Å². The molecule has 0 spiro atoms. The van der Waals surface area contributed by atoms with Crippen molar-refractivity contribution in [3.8, 4) is 5.75 Å². The van der Waals surface area contributed by atoms with E-state index < -0.39 is 10.0 Å². The lowest BCUT2D eigenvalue weighted by Gasteiger charge is -2.28. The molecule has 1 aliphatic carbocycles. The molecule has 0 atom stereocenters. The third kappa shape index (κ3) is 3.89. The summed E-state index contributed by atoms with van der Waals surface area (Å²) in [6.07, 6.45) is 5.11. The van der Waals surface area contributed by atoms with Crippen molar-refractivity contribution in [3.05, 3.63) is 18.2 Å². The van der Waals surface area contributed by atoms with Crippen molar-refractivity contribution >= 4 is 15.7 Å². The van der Waals surface area contributed by atoms with E-state index in [1.165, 1.54) is 19.6 Å². The number of benzene rings is 1. The fraction of sp³-hybridized carbons (Fsp3) is 0.600. The number of ether oxygens (including phenoxy) is 1. The molecular weight excluding hydrogens is 288 g/mol. The smallest absolute Gasteiger partial charge is 0.244 e. The van der Waals surface area contributed by atoms with E-state index in [1.807, 2.05) is 0 Å². The molecule has 0 amide bonds. The van der Waals surface area contributed by atoms with Crippen molar-refractivity contribution in [2.24, 2.45) is 5.92 Å². The van der Waals surface area contributed by atoms with E-state index >= 15 is 0 Å². The molecule has 0 aromatic heterocycles. The van der Waals surface area contributed by atoms with Crippen LogP contribution in [0.15, 0.2) is 23.1 Å². The van der Waals surface area contributed by atoms with Crippen LogP contribution in [-0.2, 0) is 10.0 Å². The van der Waals surface area contributed by atoms with Crippen LogP contribution in [0, 0.1) is 5.92 Å². The first kappa shape index (κ1) is 16.1. The van der Waals surface area contributed by atoms with Crippen LogP contribution in [0.3, 0.4) is 0 Å². The van der Waals surface area contributed by atoms with Gasteiger partial charge in [0.05, 0.1) is 7.11 Å². The molecule has 118 valence electrons. The number of nitrogens with two attached hydrogens (primary N) is 1. The molecule has 1 fully saturated rings. The molecule has 1 aromatic rings. The lowest BCUT2D eigenvalue weighted by Crippen LogP contribution is -2.37. The Morgan fingerprint density at radius 1 is 1.29 bits per heavy atom. The minimum Gasteiger partial charge on any atom is -0.495 e. The predicted molar refractivity (Wildman–Crippen MR) is 83.8 cm³/mol. The van der Waals surface area contributed by atoms with Crippen LogP contribution < -0.4 is 15.2 Å². The van der Waals surface area contributed by atoms with Gasteiger partial charge in [-0.05, 0) is 49.8 Å². The standard InChI is InChI=1S/C15H24N2O3S/c1-3-11-4-7-13(8-5-11)17-21(18,19)15-10-12(16)6-9-14(15)20-2/h6,9-11,13,17H,3-5,7-8,16H2,1-2H3. The van der Waals surface area contributed by atoms with Crippen LogP contribution in [-0.4, -0.2) is 21.6 Å². The molecule has 1 aliphatic rings. The molecule has 0 saturated heterocycles. The highest BCUT2D eigenvalue weighted by molar-refractivity contribution is 7.89. The number of nitrogens with one attached hydrogen (secondary N) is 1. The summed E-state index contributed by atoms with van der Waals surface area (Å²) >= 11 is 0. The largest absolute Gasteiger partial charge is 0.495 e. The average molecular weight is 312 g/mol. The number of hydrogen-bond acceptors (Lipinski definition) is 4. The summed E-state index contributed by atoms with van der Waals surface area (Å²) in [4.78, 5) is 0.114. The van der Waals surface area contributed by atoms with E-state index in [9.17, 15) is 8.42 Å². The third-order valence-corrected chi connectivity index (χ3v) is 5.76. The van der Waals surface area contributed by atoms with Gasteiger partial charge in [-0.25, -0.2) is 13.1 Å². The van der Waals surface area contributed by atoms with Crippen LogP contribution in [0.2, 0.25) is 0 Å². The Labute approximate surface area is 126 Å². The molecule has 6 heteroatoms. The second-order valence-electron chi connectivity index (χ2n) is 5.66. The van der Waals surface area contributed by atoms with E-state index in [-0.39, 0.29) is 10.9 Å². The molecule has 21 heavy (non-hydrogen) atoms. The Bertz CT molecular complexity index is 579. The van der Waals surface area contributed by atoms with Crippen LogP contribution in [0.5, 0.6) is 5.75 Å². The van der Waals surface area contributed by atoms with E-state index in [1.54, 1.807) is 12.1 Å². The quantitative estimate of drug-likeness (QED) is 0.819. The number of nitrogen functional groups attached to an aromatic ring is 1. The van der Waals surface area contributed by atoms with Gasteiger partial charge in [-0.1, -0.05) is 13.3 Å². The summed E-state index contributed by atoms with van der Waals surface area (Å²) in [6.45, 7) is 2.19. The Hall–Kier alpha value is -1.27. The molecule has 0 aliphatic heterocycles. The van der Waals surface area contributed by atoms with Gasteiger partial charge in [0.1, 0.15) is 10.6 Å². The maximum absolute atomic E-state index is 12.5. The fourth-order valence-electron chi connectivity index (χ4n) is 2.87. The molecule has 0 heterocycles. The van der Waals surface area contributed by atoms with Gasteiger partial charge >= 0.3 is 0 Å². The SMILES string of the molecule is CCC1CCC(NS(=O)(=O)c2cc(N)ccc2OC)CC1. The first-order valence-corrected chi connectivity index (χ1v) is 8.90. The summed E-state index contributed by atoms with van der Waals surface area (Å²) < 4.78 is 33.0. The van der Waals surface area contributed by atoms with Gasteiger partial charge in [-0.2, -0.15) is 0 Å². The Kier molecular flexibility index (Phi) is 5.11. The summed E-state index contributed by atoms with van der Waals surface area (Å²) in [5.41, 5.74) is 6.11. The lowest BCUT2D eigenvalue weighted by molar-refractivity contribution is 0.306. The highest BCUT2D eigenvalue weighted by atomic mass is 32.2. The first-order valence-electron chi connectivity index (χ1n) is 7.42. The minimum atomic E-state index is -3.60. The van der Waals surface area contributed by atoms with E-state index in [0.29, 0.717) is 11.4 Å². The van der Waals surface area contributed by atoms with E-state index in [0.717, 1.165) is 31.6 Å². The second-order valence-corrected chi connectivity index (χ2v) is 7.34. The molecule has 1 aromatic carbocycles. The van der Waals surface area contributed by atoms with Crippen LogP contribution in [0.25, 0.3) is 0 Å². The third-order valence-electron chi connectivity index (χ3n) is 4.22. The molecule has 1 saturated carbocycles. The van der Waals surface area contributed by atoms with Crippen molar-refractivity contribution in [1.82, 2.24) is 4.72 Å². The zero-order valence-corrected chi connectivity index (χ0v) is 13.4. The predicted octanol–water partition coefficient (Wildman–Crippen LogP) is 2.52. The van der Waals surface area contributed by atoms with Gasteiger partial charge in [0, 0.05) is 11.7 Å². The fourth-order valence-corrected chi connectivity index (χ4v) is 4.38. The highest BCUT2D eigenvalue weighted by Crippen LogP contribution is 2.30. The molecule has 5 nitrogen and oxygen atoms in total. The van der Waals surface area contributed by atoms with Gasteiger partial charge in [-0.3, -0.25) is 0 Å². The molecule has 0 unspecified atom stereocenters. The molecular formula is C15H24N2O3S. The number of sulfonamides is 1. The van der Waals surface area contributed by atoms with Gasteiger partial charge in [0.2, 0.25) is 10.0 Å². The monoisotopic (exact) mass is 312 g/mol. The Morgan fingerprint density at radius 2 is 1.95 bits per heavy atom. The number of anilines is 1. The highest BCUT2D eigenvalue weighted by Gasteiger charge is 2.27. The molecule has 3 N–H and O–H groups in total. The number of hydrogen-bond donors (Lipinski definition) is 2. The summed E-state index contributed by atoms with van der Waals surface area (Å²) in [5.74, 6) is 1.05. The van der Waals surface area contributed by atoms with Crippen molar-refractivity contribution in [2.45, 2.75) is 50.0 Å². The van der Waals surface area contributed by atoms with Gasteiger partial charge in [-0.15, -0.1) is 0 Å². The zero-order valence-electron chi connectivity index (χ0n) is 12.6. The van der Waals surface area contributed by atoms with Gasteiger partial charge in [0.25, 0.3) is 0 Å². The zero-order chi connectivity index (χ0) is 15.5. The number of methoxy groups -OCH3 is 1. The van der Waals surface area contributed by atoms with E-state index in [4.69, 9.17) is 10.5 Å². The molecule has 0 radical (unpaired) electrons. The number of rotatable bonds is 5. The Balaban J connectivity index is 2.14. The first-order chi connectivity index (χ1) is 9.96. The molecule has 2 rings (SSSR count). The van der Waals surface area contributed by atoms with Crippen molar-refractivity contribution in [3.63, 3.8) is 0 Å². The minimum absolute atomic E-state index is 0.00365. The van der Waals surface area contributed by atoms with Crippen molar-refractivity contribution in [2.75, 3.05) is 12.8 Å². The van der Waals surface area contributed by atoms with Crippen LogP contribution in [0.4, 0.5) is 5.69 Å². The maximum atomic E-state index is 12.5. The second kappa shape index (κ2) is 6.66. The normalized spacial score (nSPS) is 23.0. The lowest BCUT2D eigenvalue weighted by atomic mass is 9.85. The summed E-state index contributed by atoms with van der Waals surface area (Å²) in [6, 6.07) is 4.66. The Morgan fingerprint density at radius 3 is 2.52 bits per heavy atom. The van der Waals surface area contributed by atoms with E-state index in [2.05, 4.69) is 11.6 Å². The van der Waals surface area contributed by atoms with Crippen LogP contribution in [0.1, 0.15) is 39.0 Å². The topological polar surface area (TPSA) is 81.4 Å². The van der Waals surface area contributed by atoms with Crippen molar-refractivity contribution in [1.29, 1.82) is 0 Å². The van der Waals surface area contributed by atoms with Crippen molar-refractivity contribution < 1.29 is 13.2 Å². The molecule has 0 bridgehead atoms. The van der Waals surface area contributed by atoms with Gasteiger partial charge in [0.15, 0.2) is 0 Å². The summed E-state index contributed by atoms with van der Waals surface area (Å²) in [7, 11) is -2.15. The average Bonchev–Trinajstić information content (AvgIpc) is 2.47.